The standard InChI is InChI=1S/C20H20N4O4/c1-28-17(26)10-21-20(27)18-16(25)9-15(24-19(18)22-11-23-24)14-7-6-12-4-2-3-5-13(12)8-14/h2-5,9,11,14,25H,6-8,10H2,1H3,(H,21,27). The molecule has 3 aromatic rings. The molecule has 2 N–H and O–H groups in total. The Bertz CT molecular complexity index is 1060. The zero-order chi connectivity index (χ0) is 19.7. The van der Waals surface area contributed by atoms with Crippen molar-refractivity contribution in [2.45, 2.75) is 25.2 Å². The number of methoxy groups -OCH3 is 1. The lowest BCUT2D eigenvalue weighted by molar-refractivity contribution is -0.139. The second kappa shape index (κ2) is 7.30. The van der Waals surface area contributed by atoms with Gasteiger partial charge in [0, 0.05) is 12.0 Å². The molecule has 8 nitrogen and oxygen atoms in total. The van der Waals surface area contributed by atoms with Gasteiger partial charge in [0.25, 0.3) is 5.91 Å². The van der Waals surface area contributed by atoms with E-state index in [0.717, 1.165) is 25.0 Å². The van der Waals surface area contributed by atoms with Crippen LogP contribution in [0.2, 0.25) is 0 Å². The Balaban J connectivity index is 1.68. The molecule has 0 spiro atoms. The largest absolute Gasteiger partial charge is 0.507 e. The summed E-state index contributed by atoms with van der Waals surface area (Å²) in [6.07, 6.45) is 4.04. The molecule has 0 fully saturated rings. The summed E-state index contributed by atoms with van der Waals surface area (Å²) in [6, 6.07) is 9.91. The summed E-state index contributed by atoms with van der Waals surface area (Å²) in [5, 5.41) is 17.3. The number of benzene rings is 1. The average molecular weight is 380 g/mol. The molecule has 0 radical (unpaired) electrons. The van der Waals surface area contributed by atoms with Gasteiger partial charge in [0.15, 0.2) is 5.65 Å². The monoisotopic (exact) mass is 380 g/mol. The number of hydrogen-bond donors (Lipinski definition) is 2. The maximum atomic E-state index is 12.5. The van der Waals surface area contributed by atoms with Gasteiger partial charge in [-0.05, 0) is 30.4 Å². The van der Waals surface area contributed by atoms with Crippen LogP contribution in [-0.2, 0) is 22.4 Å². The third-order valence-electron chi connectivity index (χ3n) is 5.17. The molecule has 1 unspecified atom stereocenters. The highest BCUT2D eigenvalue weighted by molar-refractivity contribution is 6.03. The summed E-state index contributed by atoms with van der Waals surface area (Å²) < 4.78 is 6.12. The number of aromatic hydroxyl groups is 1. The van der Waals surface area contributed by atoms with Crippen molar-refractivity contribution in [3.05, 3.63) is 59.0 Å². The Morgan fingerprint density at radius 2 is 2.11 bits per heavy atom. The van der Waals surface area contributed by atoms with E-state index in [9.17, 15) is 14.7 Å². The summed E-state index contributed by atoms with van der Waals surface area (Å²) in [4.78, 5) is 27.9. The van der Waals surface area contributed by atoms with E-state index in [1.165, 1.54) is 24.6 Å². The van der Waals surface area contributed by atoms with Gasteiger partial charge in [-0.15, -0.1) is 0 Å². The van der Waals surface area contributed by atoms with Crippen LogP contribution in [0.1, 0.15) is 39.5 Å². The molecule has 0 bridgehead atoms. The molecule has 1 aliphatic rings. The lowest BCUT2D eigenvalue weighted by Crippen LogP contribution is -2.30. The molecule has 0 saturated carbocycles. The summed E-state index contributed by atoms with van der Waals surface area (Å²) in [5.41, 5.74) is 3.68. The molecule has 1 atom stereocenters. The Morgan fingerprint density at radius 3 is 2.89 bits per heavy atom. The minimum atomic E-state index is -0.610. The van der Waals surface area contributed by atoms with Crippen LogP contribution in [0.5, 0.6) is 5.75 Å². The van der Waals surface area contributed by atoms with Crippen molar-refractivity contribution in [2.24, 2.45) is 0 Å². The van der Waals surface area contributed by atoms with Crippen molar-refractivity contribution in [2.75, 3.05) is 13.7 Å². The summed E-state index contributed by atoms with van der Waals surface area (Å²) >= 11 is 0. The van der Waals surface area contributed by atoms with Crippen LogP contribution in [0.15, 0.2) is 36.7 Å². The Morgan fingerprint density at radius 1 is 1.32 bits per heavy atom. The quantitative estimate of drug-likeness (QED) is 0.666. The minimum Gasteiger partial charge on any atom is -0.507 e. The number of fused-ring (bicyclic) bond motifs is 2. The van der Waals surface area contributed by atoms with Gasteiger partial charge in [-0.25, -0.2) is 9.50 Å². The first-order chi connectivity index (χ1) is 13.6. The number of rotatable bonds is 4. The second-order valence-electron chi connectivity index (χ2n) is 6.79. The third kappa shape index (κ3) is 3.17. The maximum absolute atomic E-state index is 12.5. The van der Waals surface area contributed by atoms with E-state index >= 15 is 0 Å². The predicted molar refractivity (Wildman–Crippen MR) is 100 cm³/mol. The number of aromatic nitrogens is 3. The number of pyridine rings is 1. The van der Waals surface area contributed by atoms with Crippen molar-refractivity contribution in [3.63, 3.8) is 0 Å². The Labute approximate surface area is 161 Å². The number of carbonyl (C=O) groups is 2. The van der Waals surface area contributed by atoms with Gasteiger partial charge in [-0.1, -0.05) is 24.3 Å². The van der Waals surface area contributed by atoms with Crippen molar-refractivity contribution in [1.29, 1.82) is 0 Å². The zero-order valence-electron chi connectivity index (χ0n) is 15.4. The van der Waals surface area contributed by atoms with Crippen LogP contribution in [-0.4, -0.2) is 45.2 Å². The third-order valence-corrected chi connectivity index (χ3v) is 5.17. The smallest absolute Gasteiger partial charge is 0.325 e. The summed E-state index contributed by atoms with van der Waals surface area (Å²) in [5.74, 6) is -1.22. The highest BCUT2D eigenvalue weighted by atomic mass is 16.5. The molecule has 1 aliphatic carbocycles. The van der Waals surface area contributed by atoms with E-state index < -0.39 is 11.9 Å². The van der Waals surface area contributed by atoms with E-state index in [1.807, 2.05) is 12.1 Å². The van der Waals surface area contributed by atoms with E-state index in [2.05, 4.69) is 32.3 Å². The van der Waals surface area contributed by atoms with Crippen molar-refractivity contribution in [3.8, 4) is 5.75 Å². The molecule has 28 heavy (non-hydrogen) atoms. The second-order valence-corrected chi connectivity index (χ2v) is 6.79. The molecule has 0 aliphatic heterocycles. The Kier molecular flexibility index (Phi) is 4.68. The van der Waals surface area contributed by atoms with Gasteiger partial charge >= 0.3 is 5.97 Å². The lowest BCUT2D eigenvalue weighted by atomic mass is 9.82. The van der Waals surface area contributed by atoms with Crippen molar-refractivity contribution < 1.29 is 19.4 Å². The van der Waals surface area contributed by atoms with E-state index in [0.29, 0.717) is 0 Å². The van der Waals surface area contributed by atoms with Crippen molar-refractivity contribution in [1.82, 2.24) is 19.9 Å². The van der Waals surface area contributed by atoms with Crippen LogP contribution < -0.4 is 5.32 Å². The minimum absolute atomic E-state index is 0.0126. The zero-order valence-corrected chi connectivity index (χ0v) is 15.4. The predicted octanol–water partition coefficient (Wildman–Crippen LogP) is 1.61. The topological polar surface area (TPSA) is 106 Å². The first-order valence-electron chi connectivity index (χ1n) is 9.06. The van der Waals surface area contributed by atoms with Crippen molar-refractivity contribution >= 4 is 17.5 Å². The van der Waals surface area contributed by atoms with Crippen LogP contribution in [0, 0.1) is 0 Å². The summed E-state index contributed by atoms with van der Waals surface area (Å²) in [7, 11) is 1.24. The fourth-order valence-corrected chi connectivity index (χ4v) is 3.76. The molecule has 144 valence electrons. The highest BCUT2D eigenvalue weighted by Crippen LogP contribution is 2.35. The number of esters is 1. The maximum Gasteiger partial charge on any atom is 0.325 e. The Hall–Kier alpha value is -3.42. The lowest BCUT2D eigenvalue weighted by Gasteiger charge is -2.25. The molecule has 4 rings (SSSR count). The summed E-state index contributed by atoms with van der Waals surface area (Å²) in [6.45, 7) is -0.295. The highest BCUT2D eigenvalue weighted by Gasteiger charge is 2.27. The van der Waals surface area contributed by atoms with E-state index in [4.69, 9.17) is 0 Å². The molecule has 1 aromatic carbocycles. The molecular weight excluding hydrogens is 360 g/mol. The fourth-order valence-electron chi connectivity index (χ4n) is 3.76. The van der Waals surface area contributed by atoms with E-state index in [-0.39, 0.29) is 29.4 Å². The first kappa shape index (κ1) is 18.0. The number of carbonyl (C=O) groups excluding carboxylic acids is 2. The first-order valence-corrected chi connectivity index (χ1v) is 9.06. The number of nitrogens with one attached hydrogen (secondary N) is 1. The van der Waals surface area contributed by atoms with Crippen LogP contribution >= 0.6 is 0 Å². The normalized spacial score (nSPS) is 15.8. The van der Waals surface area contributed by atoms with E-state index in [1.54, 1.807) is 10.6 Å². The molecule has 1 amide bonds. The van der Waals surface area contributed by atoms with Gasteiger partial charge in [0.1, 0.15) is 24.2 Å². The van der Waals surface area contributed by atoms with Gasteiger partial charge in [-0.3, -0.25) is 9.59 Å². The SMILES string of the molecule is COC(=O)CNC(=O)c1c(O)cc(C2CCc3ccccc3C2)n2ncnc12. The molecule has 2 aromatic heterocycles. The average Bonchev–Trinajstić information content (AvgIpc) is 3.20. The van der Waals surface area contributed by atoms with Crippen LogP contribution in [0.4, 0.5) is 0 Å². The van der Waals surface area contributed by atoms with Crippen LogP contribution in [0.25, 0.3) is 5.65 Å². The number of nitrogens with zero attached hydrogens (tertiary/aromatic N) is 3. The van der Waals surface area contributed by atoms with Crippen LogP contribution in [0.3, 0.4) is 0 Å². The number of ether oxygens (including phenoxy) is 1. The van der Waals surface area contributed by atoms with Gasteiger partial charge < -0.3 is 15.2 Å². The number of aryl methyl sites for hydroxylation is 1. The number of amides is 1. The molecule has 0 saturated heterocycles. The molecule has 2 heterocycles. The van der Waals surface area contributed by atoms with Gasteiger partial charge in [-0.2, -0.15) is 5.10 Å². The van der Waals surface area contributed by atoms with Gasteiger partial charge in [0.05, 0.1) is 12.8 Å². The molecule has 8 heteroatoms. The van der Waals surface area contributed by atoms with Gasteiger partial charge in [0.2, 0.25) is 0 Å². The molecular formula is C20H20N4O4. The number of hydrogen-bond acceptors (Lipinski definition) is 6. The fraction of sp³-hybridized carbons (Fsp3) is 0.300.